The molecule has 1 heterocycles. The number of hydrogen-bond donors (Lipinski definition) is 4. The molecule has 0 bridgehead atoms. The summed E-state index contributed by atoms with van der Waals surface area (Å²) in [4.78, 5) is 6.24. The highest BCUT2D eigenvalue weighted by Crippen LogP contribution is 2.37. The van der Waals surface area contributed by atoms with Crippen molar-refractivity contribution in [1.82, 2.24) is 9.71 Å². The number of nitrogens with zero attached hydrogens (tertiary/aromatic N) is 1. The predicted molar refractivity (Wildman–Crippen MR) is 132 cm³/mol. The molecule has 2 unspecified atom stereocenters. The lowest BCUT2D eigenvalue weighted by molar-refractivity contribution is 0.208. The summed E-state index contributed by atoms with van der Waals surface area (Å²) in [6, 6.07) is 13.9. The average molecular weight is 459 g/mol. The molecule has 2 atom stereocenters. The minimum atomic E-state index is -1.41. The zero-order chi connectivity index (χ0) is 22.6. The molecule has 0 saturated heterocycles. The van der Waals surface area contributed by atoms with Crippen LogP contribution in [-0.2, 0) is 11.4 Å². The van der Waals surface area contributed by atoms with Crippen LogP contribution in [0.1, 0.15) is 27.7 Å². The number of nitrogens with one attached hydrogen (secondary N) is 3. The van der Waals surface area contributed by atoms with Gasteiger partial charge in [0.25, 0.3) is 0 Å². The monoisotopic (exact) mass is 458 g/mol. The quantitative estimate of drug-likeness (QED) is 0.365. The van der Waals surface area contributed by atoms with Crippen molar-refractivity contribution in [3.63, 3.8) is 0 Å². The lowest BCUT2D eigenvalue weighted by atomic mass is 10.1. The summed E-state index contributed by atoms with van der Waals surface area (Å²) in [5, 5.41) is 16.8. The number of thiazole rings is 1. The van der Waals surface area contributed by atoms with Crippen molar-refractivity contribution in [3.05, 3.63) is 48.7 Å². The number of benzene rings is 2. The first kappa shape index (κ1) is 23.6. The highest BCUT2D eigenvalue weighted by molar-refractivity contribution is 7.89. The van der Waals surface area contributed by atoms with Crippen LogP contribution in [0.25, 0.3) is 21.0 Å². The molecule has 4 N–H and O–H groups in total. The topological polar surface area (TPSA) is 92.3 Å². The van der Waals surface area contributed by atoms with Gasteiger partial charge in [-0.1, -0.05) is 0 Å². The van der Waals surface area contributed by atoms with Gasteiger partial charge in [0, 0.05) is 42.8 Å². The van der Waals surface area contributed by atoms with Crippen LogP contribution in [0.2, 0.25) is 0 Å². The van der Waals surface area contributed by atoms with Gasteiger partial charge >= 0.3 is 0 Å². The van der Waals surface area contributed by atoms with E-state index in [9.17, 15) is 9.66 Å². The normalized spacial score (nSPS) is 13.6. The first-order chi connectivity index (χ1) is 14.7. The van der Waals surface area contributed by atoms with Gasteiger partial charge in [-0.25, -0.2) is 4.98 Å². The zero-order valence-corrected chi connectivity index (χ0v) is 20.2. The summed E-state index contributed by atoms with van der Waals surface area (Å²) in [6.45, 7) is 8.11. The summed E-state index contributed by atoms with van der Waals surface area (Å²) in [6.07, 6.45) is 1.36. The Morgan fingerprint density at radius 3 is 2.42 bits per heavy atom. The SMILES string of the molecule is CNc1ccc(-c2ncc(-c3ccc(NCC(C)O)cc3[S+]([O-])NC(C)(C)C)s2)cc1. The van der Waals surface area contributed by atoms with Gasteiger partial charge in [0.2, 0.25) is 0 Å². The lowest BCUT2D eigenvalue weighted by Crippen LogP contribution is -2.40. The van der Waals surface area contributed by atoms with Gasteiger partial charge in [-0.2, -0.15) is 0 Å². The molecule has 166 valence electrons. The van der Waals surface area contributed by atoms with Crippen LogP contribution in [0.15, 0.2) is 53.6 Å². The van der Waals surface area contributed by atoms with Gasteiger partial charge in [-0.05, 0) is 64.1 Å². The number of anilines is 2. The average Bonchev–Trinajstić information content (AvgIpc) is 3.21. The molecule has 3 rings (SSSR count). The largest absolute Gasteiger partial charge is 0.593 e. The molecule has 1 aromatic heterocycles. The lowest BCUT2D eigenvalue weighted by Gasteiger charge is -2.23. The van der Waals surface area contributed by atoms with Crippen molar-refractivity contribution in [2.45, 2.75) is 44.2 Å². The molecule has 3 aromatic rings. The van der Waals surface area contributed by atoms with Crippen LogP contribution >= 0.6 is 11.3 Å². The van der Waals surface area contributed by atoms with E-state index in [2.05, 4.69) is 20.3 Å². The first-order valence-electron chi connectivity index (χ1n) is 10.2. The molecule has 0 radical (unpaired) electrons. The zero-order valence-electron chi connectivity index (χ0n) is 18.5. The fourth-order valence-electron chi connectivity index (χ4n) is 2.90. The van der Waals surface area contributed by atoms with E-state index in [1.165, 1.54) is 0 Å². The van der Waals surface area contributed by atoms with E-state index < -0.39 is 17.5 Å². The maximum Gasteiger partial charge on any atom is 0.184 e. The van der Waals surface area contributed by atoms with E-state index in [4.69, 9.17) is 0 Å². The van der Waals surface area contributed by atoms with E-state index in [0.717, 1.165) is 32.4 Å². The van der Waals surface area contributed by atoms with Crippen molar-refractivity contribution in [3.8, 4) is 21.0 Å². The third kappa shape index (κ3) is 6.44. The summed E-state index contributed by atoms with van der Waals surface area (Å²) < 4.78 is 16.4. The number of aliphatic hydroxyl groups is 1. The van der Waals surface area contributed by atoms with Gasteiger partial charge in [0.1, 0.15) is 5.01 Å². The van der Waals surface area contributed by atoms with Gasteiger partial charge in [0.15, 0.2) is 4.90 Å². The summed E-state index contributed by atoms with van der Waals surface area (Å²) in [7, 11) is 1.89. The standard InChI is InChI=1S/C23H30N4O2S2/c1-15(28)13-25-18-10-11-19(21(12-18)31(29)27-23(2,3)4)20-14-26-22(30-20)16-6-8-17(24-5)9-7-16/h6-12,14-15,24-25,27-28H,13H2,1-5H3. The van der Waals surface area contributed by atoms with Crippen molar-refractivity contribution in [2.24, 2.45) is 0 Å². The predicted octanol–water partition coefficient (Wildman–Crippen LogP) is 4.72. The number of rotatable bonds is 8. The van der Waals surface area contributed by atoms with E-state index in [-0.39, 0.29) is 5.54 Å². The molecule has 8 heteroatoms. The van der Waals surface area contributed by atoms with Crippen molar-refractivity contribution >= 4 is 34.1 Å². The fraction of sp³-hybridized carbons (Fsp3) is 0.348. The highest BCUT2D eigenvalue weighted by Gasteiger charge is 2.25. The van der Waals surface area contributed by atoms with Crippen LogP contribution in [0.5, 0.6) is 0 Å². The maximum atomic E-state index is 13.2. The number of hydrogen-bond acceptors (Lipinski definition) is 7. The Balaban J connectivity index is 1.95. The Bertz CT molecular complexity index is 998. The van der Waals surface area contributed by atoms with Crippen molar-refractivity contribution in [2.75, 3.05) is 24.2 Å². The van der Waals surface area contributed by atoms with Crippen LogP contribution in [0.4, 0.5) is 11.4 Å². The van der Waals surface area contributed by atoms with Crippen molar-refractivity contribution < 1.29 is 9.66 Å². The van der Waals surface area contributed by atoms with E-state index in [1.807, 2.05) is 76.5 Å². The third-order valence-corrected chi connectivity index (χ3v) is 6.99. The second-order valence-corrected chi connectivity index (χ2v) is 10.6. The molecule has 0 aliphatic rings. The van der Waals surface area contributed by atoms with Gasteiger partial charge in [0.05, 0.1) is 33.4 Å². The maximum absolute atomic E-state index is 13.2. The number of aromatic nitrogens is 1. The summed E-state index contributed by atoms with van der Waals surface area (Å²) in [5.74, 6) is 0. The number of aliphatic hydroxyl groups excluding tert-OH is 1. The smallest absolute Gasteiger partial charge is 0.184 e. The van der Waals surface area contributed by atoms with Gasteiger partial charge in [-0.15, -0.1) is 16.1 Å². The highest BCUT2D eigenvalue weighted by atomic mass is 32.2. The van der Waals surface area contributed by atoms with E-state index in [1.54, 1.807) is 18.3 Å². The van der Waals surface area contributed by atoms with Gasteiger partial charge < -0.3 is 20.3 Å². The molecule has 2 aromatic carbocycles. The minimum Gasteiger partial charge on any atom is -0.593 e. The van der Waals surface area contributed by atoms with Crippen LogP contribution in [0.3, 0.4) is 0 Å². The van der Waals surface area contributed by atoms with E-state index >= 15 is 0 Å². The van der Waals surface area contributed by atoms with Crippen LogP contribution in [-0.4, -0.2) is 39.9 Å². The molecule has 0 aliphatic heterocycles. The molecule has 0 fully saturated rings. The second kappa shape index (κ2) is 10.0. The molecule has 0 spiro atoms. The molecule has 6 nitrogen and oxygen atoms in total. The molecule has 31 heavy (non-hydrogen) atoms. The molecule has 0 amide bonds. The minimum absolute atomic E-state index is 0.306. The Labute approximate surface area is 191 Å². The van der Waals surface area contributed by atoms with Crippen LogP contribution in [0, 0.1) is 0 Å². The Hall–Kier alpha value is -2.10. The Kier molecular flexibility index (Phi) is 7.61. The molecular formula is C23H30N4O2S2. The van der Waals surface area contributed by atoms with Crippen molar-refractivity contribution in [1.29, 1.82) is 0 Å². The Morgan fingerprint density at radius 2 is 1.81 bits per heavy atom. The van der Waals surface area contributed by atoms with E-state index in [0.29, 0.717) is 11.4 Å². The molecule has 0 saturated carbocycles. The van der Waals surface area contributed by atoms with Crippen LogP contribution < -0.4 is 15.4 Å². The second-order valence-electron chi connectivity index (χ2n) is 8.42. The summed E-state index contributed by atoms with van der Waals surface area (Å²) in [5.41, 5.74) is 3.48. The molecular weight excluding hydrogens is 428 g/mol. The fourth-order valence-corrected chi connectivity index (χ4v) is 5.20. The first-order valence-corrected chi connectivity index (χ1v) is 12.1. The molecule has 0 aliphatic carbocycles. The van der Waals surface area contributed by atoms with Gasteiger partial charge in [-0.3, -0.25) is 0 Å². The third-order valence-electron chi connectivity index (χ3n) is 4.37. The Morgan fingerprint density at radius 1 is 1.13 bits per heavy atom. The summed E-state index contributed by atoms with van der Waals surface area (Å²) >= 11 is 0.161.